The first kappa shape index (κ1) is 18.4. The van der Waals surface area contributed by atoms with Gasteiger partial charge in [0.25, 0.3) is 0 Å². The van der Waals surface area contributed by atoms with E-state index in [1.165, 1.54) is 6.66 Å². The van der Waals surface area contributed by atoms with Crippen molar-refractivity contribution in [3.05, 3.63) is 24.3 Å². The van der Waals surface area contributed by atoms with Gasteiger partial charge in [-0.1, -0.05) is 38.8 Å². The first-order chi connectivity index (χ1) is 10.5. The van der Waals surface area contributed by atoms with E-state index in [9.17, 15) is 9.36 Å². The van der Waals surface area contributed by atoms with Crippen molar-refractivity contribution < 1.29 is 18.6 Å². The lowest BCUT2D eigenvalue weighted by Crippen LogP contribution is -2.29. The van der Waals surface area contributed by atoms with E-state index in [1.807, 2.05) is 6.07 Å². The molecule has 0 aliphatic heterocycles. The molecule has 0 aromatic heterocycles. The number of ether oxygens (including phenoxy) is 1. The van der Waals surface area contributed by atoms with Crippen molar-refractivity contribution in [1.29, 1.82) is 0 Å². The summed E-state index contributed by atoms with van der Waals surface area (Å²) in [6.45, 7) is 7.83. The second-order valence-electron chi connectivity index (χ2n) is 5.21. The van der Waals surface area contributed by atoms with Crippen LogP contribution in [0.2, 0.25) is 0 Å². The number of para-hydroxylation sites is 2. The second-order valence-corrected chi connectivity index (χ2v) is 6.27. The fourth-order valence-electron chi connectivity index (χ4n) is 1.95. The third-order valence-electron chi connectivity index (χ3n) is 3.46. The van der Waals surface area contributed by atoms with Gasteiger partial charge in [0.2, 0.25) is 5.75 Å². The highest BCUT2D eigenvalue weighted by atomic mass is 31.1. The Labute approximate surface area is 133 Å². The van der Waals surface area contributed by atoms with Crippen LogP contribution in [-0.2, 0) is 14.1 Å². The summed E-state index contributed by atoms with van der Waals surface area (Å²) in [5.74, 6) is 0.559. The number of hydrogen-bond acceptors (Lipinski definition) is 5. The quantitative estimate of drug-likeness (QED) is 0.544. The molecule has 0 radical (unpaired) electrons. The highest BCUT2D eigenvalue weighted by Crippen LogP contribution is 2.31. The summed E-state index contributed by atoms with van der Waals surface area (Å²) in [6.07, 6.45) is 1.98. The summed E-state index contributed by atoms with van der Waals surface area (Å²) in [4.78, 5) is 12.0. The lowest BCUT2D eigenvalue weighted by molar-refractivity contribution is -0.145. The predicted octanol–water partition coefficient (Wildman–Crippen LogP) is 4.22. The number of carbonyl (C=O) groups excluding carboxylic acids is 1. The molecule has 0 aliphatic carbocycles. The summed E-state index contributed by atoms with van der Waals surface area (Å²) in [6, 6.07) is 6.59. The summed E-state index contributed by atoms with van der Waals surface area (Å²) < 4.78 is 21.8. The molecular weight excluding hydrogens is 301 g/mol. The maximum absolute atomic E-state index is 12.0. The molecule has 0 amide bonds. The first-order valence-electron chi connectivity index (χ1n) is 7.58. The topological polar surface area (TPSA) is 64.6 Å². The molecule has 0 bridgehead atoms. The zero-order valence-corrected chi connectivity index (χ0v) is 14.6. The molecule has 6 heteroatoms. The molecule has 1 unspecified atom stereocenters. The molecule has 1 aromatic carbocycles. The van der Waals surface area contributed by atoms with Crippen LogP contribution < -0.4 is 9.84 Å². The Morgan fingerprint density at radius 2 is 1.91 bits per heavy atom. The van der Waals surface area contributed by atoms with Crippen molar-refractivity contribution in [1.82, 2.24) is 0 Å². The van der Waals surface area contributed by atoms with E-state index in [4.69, 9.17) is 9.26 Å². The lowest BCUT2D eigenvalue weighted by atomic mass is 10.1. The standard InChI is InChI=1S/C16H25NO4P/c1-5-13(6-2)11-20-16(18)12(3)17-14-9-7-8-10-15(14)21-22(4)19/h7-10,12-13,17H,5-6,11H2,1-4H3/q+1/t12-/m0/s1. The van der Waals surface area contributed by atoms with E-state index in [0.717, 1.165) is 12.8 Å². The summed E-state index contributed by atoms with van der Waals surface area (Å²) in [5.41, 5.74) is 0.625. The molecule has 0 spiro atoms. The molecule has 5 nitrogen and oxygen atoms in total. The molecule has 0 saturated carbocycles. The van der Waals surface area contributed by atoms with Gasteiger partial charge in [-0.25, -0.2) is 4.79 Å². The van der Waals surface area contributed by atoms with Gasteiger partial charge < -0.3 is 10.1 Å². The number of esters is 1. The van der Waals surface area contributed by atoms with Gasteiger partial charge in [-0.3, -0.25) is 4.52 Å². The number of hydrogen-bond donors (Lipinski definition) is 1. The monoisotopic (exact) mass is 326 g/mol. The smallest absolute Gasteiger partial charge is 0.464 e. The summed E-state index contributed by atoms with van der Waals surface area (Å²) >= 11 is 0. The van der Waals surface area contributed by atoms with Crippen molar-refractivity contribution >= 4 is 19.7 Å². The Kier molecular flexibility index (Phi) is 7.89. The molecule has 1 rings (SSSR count). The maximum atomic E-state index is 12.0. The Morgan fingerprint density at radius 3 is 2.50 bits per heavy atom. The molecule has 0 aliphatic rings. The molecule has 0 heterocycles. The molecular formula is C16H25NO4P+. The number of benzene rings is 1. The van der Waals surface area contributed by atoms with E-state index in [1.54, 1.807) is 25.1 Å². The van der Waals surface area contributed by atoms with Crippen molar-refractivity contribution in [2.24, 2.45) is 5.92 Å². The molecule has 1 aromatic rings. The predicted molar refractivity (Wildman–Crippen MR) is 88.7 cm³/mol. The van der Waals surface area contributed by atoms with Gasteiger partial charge >= 0.3 is 14.0 Å². The average Bonchev–Trinajstić information content (AvgIpc) is 2.49. The molecule has 122 valence electrons. The lowest BCUT2D eigenvalue weighted by Gasteiger charge is -2.17. The van der Waals surface area contributed by atoms with Crippen molar-refractivity contribution in [2.75, 3.05) is 18.6 Å². The maximum Gasteiger partial charge on any atom is 0.552 e. The third-order valence-corrected chi connectivity index (χ3v) is 3.91. The summed E-state index contributed by atoms with van der Waals surface area (Å²) in [7, 11) is -1.76. The number of anilines is 1. The highest BCUT2D eigenvalue weighted by molar-refractivity contribution is 7.38. The first-order valence-corrected chi connectivity index (χ1v) is 9.21. The van der Waals surface area contributed by atoms with E-state index < -0.39 is 14.1 Å². The molecule has 0 fully saturated rings. The number of rotatable bonds is 9. The van der Waals surface area contributed by atoms with Gasteiger partial charge in [-0.15, -0.1) is 0 Å². The van der Waals surface area contributed by atoms with Gasteiger partial charge in [0.15, 0.2) is 6.66 Å². The number of carbonyl (C=O) groups is 1. The van der Waals surface area contributed by atoms with Crippen LogP contribution in [0.4, 0.5) is 5.69 Å². The van der Waals surface area contributed by atoms with Crippen LogP contribution in [-0.4, -0.2) is 25.3 Å². The van der Waals surface area contributed by atoms with Gasteiger partial charge in [0.05, 0.1) is 12.3 Å². The molecule has 1 N–H and O–H groups in total. The minimum Gasteiger partial charge on any atom is -0.464 e. The van der Waals surface area contributed by atoms with Gasteiger partial charge in [-0.05, 0) is 29.5 Å². The normalized spacial score (nSPS) is 12.7. The minimum atomic E-state index is -1.76. The van der Waals surface area contributed by atoms with E-state index in [2.05, 4.69) is 19.2 Å². The van der Waals surface area contributed by atoms with Crippen LogP contribution in [0.1, 0.15) is 33.6 Å². The van der Waals surface area contributed by atoms with Crippen molar-refractivity contribution in [3.63, 3.8) is 0 Å². The van der Waals surface area contributed by atoms with Gasteiger partial charge in [0, 0.05) is 0 Å². The molecule has 0 saturated heterocycles. The molecule has 2 atom stereocenters. The van der Waals surface area contributed by atoms with Gasteiger partial charge in [0.1, 0.15) is 6.04 Å². The SMILES string of the molecule is CCC(CC)COC(=O)[C@H](C)Nc1ccccc1O[P+](C)=O. The highest BCUT2D eigenvalue weighted by Gasteiger charge is 2.19. The summed E-state index contributed by atoms with van der Waals surface area (Å²) in [5, 5.41) is 3.05. The Morgan fingerprint density at radius 1 is 1.27 bits per heavy atom. The van der Waals surface area contributed by atoms with E-state index in [0.29, 0.717) is 24.0 Å². The van der Waals surface area contributed by atoms with Crippen LogP contribution in [0.15, 0.2) is 24.3 Å². The van der Waals surface area contributed by atoms with Crippen LogP contribution in [0.3, 0.4) is 0 Å². The fourth-order valence-corrected chi connectivity index (χ4v) is 2.38. The van der Waals surface area contributed by atoms with Gasteiger partial charge in [-0.2, -0.15) is 0 Å². The Hall–Kier alpha value is -1.61. The van der Waals surface area contributed by atoms with E-state index >= 15 is 0 Å². The van der Waals surface area contributed by atoms with Crippen LogP contribution >= 0.6 is 8.03 Å². The van der Waals surface area contributed by atoms with Crippen molar-refractivity contribution in [3.8, 4) is 5.75 Å². The molecule has 22 heavy (non-hydrogen) atoms. The fraction of sp³-hybridized carbons (Fsp3) is 0.562. The second kappa shape index (κ2) is 9.42. The van der Waals surface area contributed by atoms with Crippen LogP contribution in [0.25, 0.3) is 0 Å². The van der Waals surface area contributed by atoms with Crippen LogP contribution in [0.5, 0.6) is 5.75 Å². The van der Waals surface area contributed by atoms with Crippen molar-refractivity contribution in [2.45, 2.75) is 39.7 Å². The minimum absolute atomic E-state index is 0.303. The van der Waals surface area contributed by atoms with E-state index in [-0.39, 0.29) is 5.97 Å². The number of nitrogens with one attached hydrogen (secondary N) is 1. The van der Waals surface area contributed by atoms with Crippen LogP contribution in [0, 0.1) is 5.92 Å². The average molecular weight is 326 g/mol. The Bertz CT molecular complexity index is 503. The zero-order valence-electron chi connectivity index (χ0n) is 13.7. The third kappa shape index (κ3) is 6.02. The largest absolute Gasteiger partial charge is 0.552 e. The zero-order chi connectivity index (χ0) is 16.5. The Balaban J connectivity index is 2.62.